The van der Waals surface area contributed by atoms with Gasteiger partial charge in [0.15, 0.2) is 11.5 Å². The van der Waals surface area contributed by atoms with E-state index in [0.29, 0.717) is 50.1 Å². The summed E-state index contributed by atoms with van der Waals surface area (Å²) >= 11 is 0. The van der Waals surface area contributed by atoms with Gasteiger partial charge in [0.25, 0.3) is 0 Å². The number of amides is 1. The number of rotatable bonds is 15. The Labute approximate surface area is 240 Å². The molecule has 2 saturated carbocycles. The van der Waals surface area contributed by atoms with Crippen LogP contribution in [0.25, 0.3) is 0 Å². The van der Waals surface area contributed by atoms with E-state index in [9.17, 15) is 19.8 Å². The van der Waals surface area contributed by atoms with Crippen molar-refractivity contribution in [2.24, 2.45) is 5.92 Å². The lowest BCUT2D eigenvalue weighted by molar-refractivity contribution is -0.148. The summed E-state index contributed by atoms with van der Waals surface area (Å²) in [5, 5.41) is 21.8. The maximum atomic E-state index is 12.3. The molecule has 7 heteroatoms. The molecule has 40 heavy (non-hydrogen) atoms. The molecule has 1 aromatic carbocycles. The van der Waals surface area contributed by atoms with E-state index < -0.39 is 6.10 Å². The van der Waals surface area contributed by atoms with Crippen LogP contribution in [-0.2, 0) is 27.3 Å². The summed E-state index contributed by atoms with van der Waals surface area (Å²) in [6.45, 7) is 2.49. The molecule has 1 heterocycles. The molecule has 0 bridgehead atoms. The van der Waals surface area contributed by atoms with E-state index in [0.717, 1.165) is 62.8 Å². The second kappa shape index (κ2) is 15.6. The zero-order valence-electron chi connectivity index (χ0n) is 24.6. The lowest BCUT2D eigenvalue weighted by atomic mass is 9.85. The fraction of sp³-hybridized carbons (Fsp3) is 0.758. The monoisotopic (exact) mass is 557 g/mol. The molecule has 224 valence electrons. The highest BCUT2D eigenvalue weighted by atomic mass is 16.5. The molecule has 7 nitrogen and oxygen atoms in total. The Morgan fingerprint density at radius 3 is 2.48 bits per heavy atom. The van der Waals surface area contributed by atoms with E-state index in [1.807, 2.05) is 12.1 Å². The average molecular weight is 558 g/mol. The van der Waals surface area contributed by atoms with Crippen LogP contribution in [-0.4, -0.2) is 51.8 Å². The fourth-order valence-corrected chi connectivity index (χ4v) is 6.84. The van der Waals surface area contributed by atoms with Crippen LogP contribution < -0.4 is 4.74 Å². The highest BCUT2D eigenvalue weighted by molar-refractivity contribution is 5.78. The number of hydrogen-bond donors (Lipinski definition) is 2. The number of aliphatic hydroxyl groups excluding tert-OH is 1. The minimum Gasteiger partial charge on any atom is -0.504 e. The minimum atomic E-state index is -0.492. The van der Waals surface area contributed by atoms with Crippen LogP contribution in [0.2, 0.25) is 0 Å². The van der Waals surface area contributed by atoms with Crippen molar-refractivity contribution in [3.8, 4) is 11.5 Å². The molecule has 0 radical (unpaired) electrons. The Bertz CT molecular complexity index is 953. The number of aryl methyl sites for hydroxylation is 1. The number of likely N-dealkylation sites (tertiary alicyclic amines) is 1. The number of phenolic OH excluding ortho intramolecular Hbond substituents is 1. The summed E-state index contributed by atoms with van der Waals surface area (Å²) in [4.78, 5) is 25.9. The molecule has 0 spiro atoms. The molecule has 1 saturated heterocycles. The van der Waals surface area contributed by atoms with Crippen molar-refractivity contribution in [2.45, 2.75) is 147 Å². The van der Waals surface area contributed by atoms with Gasteiger partial charge in [-0.2, -0.15) is 0 Å². The van der Waals surface area contributed by atoms with Crippen molar-refractivity contribution in [3.05, 3.63) is 23.3 Å². The number of nitrogens with zero attached hydrogens (tertiary/aromatic N) is 1. The molecule has 4 rings (SSSR count). The number of phenols is 1. The molecular formula is C33H51NO6. The molecule has 0 aromatic heterocycles. The van der Waals surface area contributed by atoms with Crippen LogP contribution in [0.4, 0.5) is 0 Å². The van der Waals surface area contributed by atoms with Crippen molar-refractivity contribution >= 4 is 11.9 Å². The van der Waals surface area contributed by atoms with Crippen molar-refractivity contribution < 1.29 is 29.3 Å². The third-order valence-corrected chi connectivity index (χ3v) is 9.09. The first-order valence-electron chi connectivity index (χ1n) is 16.0. The van der Waals surface area contributed by atoms with Gasteiger partial charge in [0.05, 0.1) is 12.2 Å². The van der Waals surface area contributed by atoms with Crippen LogP contribution in [0.1, 0.15) is 127 Å². The SMILES string of the molecule is CC(=O)O[C@H](CCc1cc(CN2CCCC2=O)c(O)c(OC2CCCC2)c1)C[C@@H](O)CCCCC1CCCCC1. The first kappa shape index (κ1) is 30.7. The lowest BCUT2D eigenvalue weighted by Crippen LogP contribution is -2.24. The first-order valence-corrected chi connectivity index (χ1v) is 16.0. The number of carbonyl (C=O) groups excluding carboxylic acids is 2. The van der Waals surface area contributed by atoms with Gasteiger partial charge in [-0.3, -0.25) is 9.59 Å². The van der Waals surface area contributed by atoms with E-state index in [-0.39, 0.29) is 29.8 Å². The van der Waals surface area contributed by atoms with Gasteiger partial charge in [0, 0.05) is 38.4 Å². The van der Waals surface area contributed by atoms with Gasteiger partial charge >= 0.3 is 5.97 Å². The largest absolute Gasteiger partial charge is 0.504 e. The number of carbonyl (C=O) groups is 2. The molecule has 1 aliphatic heterocycles. The van der Waals surface area contributed by atoms with Crippen LogP contribution in [0.15, 0.2) is 12.1 Å². The Morgan fingerprint density at radius 2 is 1.77 bits per heavy atom. The summed E-state index contributed by atoms with van der Waals surface area (Å²) < 4.78 is 11.9. The van der Waals surface area contributed by atoms with Crippen LogP contribution in [0.5, 0.6) is 11.5 Å². The highest BCUT2D eigenvalue weighted by Crippen LogP contribution is 2.37. The summed E-state index contributed by atoms with van der Waals surface area (Å²) in [7, 11) is 0. The molecule has 2 atom stereocenters. The van der Waals surface area contributed by atoms with Gasteiger partial charge in [-0.05, 0) is 68.9 Å². The van der Waals surface area contributed by atoms with Crippen LogP contribution in [0.3, 0.4) is 0 Å². The zero-order valence-corrected chi connectivity index (χ0v) is 24.6. The Kier molecular flexibility index (Phi) is 12.0. The standard InChI is InChI=1S/C33H51NO6/c1-24(35)39-30(22-28(36)13-6-5-12-25-10-3-2-4-11-25)18-17-26-20-27(23-34-19-9-16-32(34)37)33(38)31(21-26)40-29-14-7-8-15-29/h20-21,25,28-30,36,38H,2-19,22-23H2,1H3/t28-,30+/m0/s1. The number of ether oxygens (including phenoxy) is 2. The first-order chi connectivity index (χ1) is 19.4. The lowest BCUT2D eigenvalue weighted by Gasteiger charge is -2.23. The molecule has 3 aliphatic rings. The second-order valence-electron chi connectivity index (χ2n) is 12.5. The van der Waals surface area contributed by atoms with E-state index in [1.54, 1.807) is 4.90 Å². The molecule has 0 unspecified atom stereocenters. The number of hydrogen-bond acceptors (Lipinski definition) is 6. The zero-order chi connectivity index (χ0) is 28.3. The fourth-order valence-electron chi connectivity index (χ4n) is 6.84. The van der Waals surface area contributed by atoms with E-state index in [4.69, 9.17) is 9.47 Å². The maximum absolute atomic E-state index is 12.3. The molecule has 2 N–H and O–H groups in total. The van der Waals surface area contributed by atoms with Gasteiger partial charge in [-0.25, -0.2) is 0 Å². The van der Waals surface area contributed by atoms with E-state index in [2.05, 4.69) is 0 Å². The van der Waals surface area contributed by atoms with Crippen LogP contribution in [0, 0.1) is 5.92 Å². The third-order valence-electron chi connectivity index (χ3n) is 9.09. The quantitative estimate of drug-likeness (QED) is 0.187. The number of unbranched alkanes of at least 4 members (excludes halogenated alkanes) is 1. The van der Waals surface area contributed by atoms with Crippen molar-refractivity contribution in [1.82, 2.24) is 4.90 Å². The number of benzene rings is 1. The molecule has 1 amide bonds. The Morgan fingerprint density at radius 1 is 1.02 bits per heavy atom. The summed E-state index contributed by atoms with van der Waals surface area (Å²) in [5.74, 6) is 1.24. The van der Waals surface area contributed by atoms with E-state index >= 15 is 0 Å². The summed E-state index contributed by atoms with van der Waals surface area (Å²) in [6.07, 6.45) is 17.5. The Hall–Kier alpha value is -2.28. The number of aromatic hydroxyl groups is 1. The third kappa shape index (κ3) is 9.67. The molecule has 1 aromatic rings. The van der Waals surface area contributed by atoms with Gasteiger partial charge in [-0.15, -0.1) is 0 Å². The van der Waals surface area contributed by atoms with Gasteiger partial charge in [0.2, 0.25) is 5.91 Å². The number of aliphatic hydroxyl groups is 1. The predicted molar refractivity (Wildman–Crippen MR) is 155 cm³/mol. The number of esters is 1. The average Bonchev–Trinajstić information content (AvgIpc) is 3.59. The van der Waals surface area contributed by atoms with E-state index in [1.165, 1.54) is 45.4 Å². The molecule has 3 fully saturated rings. The summed E-state index contributed by atoms with van der Waals surface area (Å²) in [5.41, 5.74) is 1.68. The van der Waals surface area contributed by atoms with Crippen molar-refractivity contribution in [1.29, 1.82) is 0 Å². The molecule has 2 aliphatic carbocycles. The Balaban J connectivity index is 1.35. The minimum absolute atomic E-state index is 0.101. The predicted octanol–water partition coefficient (Wildman–Crippen LogP) is 6.59. The highest BCUT2D eigenvalue weighted by Gasteiger charge is 2.25. The summed E-state index contributed by atoms with van der Waals surface area (Å²) in [6, 6.07) is 3.85. The second-order valence-corrected chi connectivity index (χ2v) is 12.5. The van der Waals surface area contributed by atoms with Gasteiger partial charge < -0.3 is 24.6 Å². The van der Waals surface area contributed by atoms with Crippen molar-refractivity contribution in [2.75, 3.05) is 6.54 Å². The van der Waals surface area contributed by atoms with Crippen LogP contribution >= 0.6 is 0 Å². The smallest absolute Gasteiger partial charge is 0.302 e. The maximum Gasteiger partial charge on any atom is 0.302 e. The van der Waals surface area contributed by atoms with Crippen molar-refractivity contribution in [3.63, 3.8) is 0 Å². The van der Waals surface area contributed by atoms with Gasteiger partial charge in [0.1, 0.15) is 6.10 Å². The molecular weight excluding hydrogens is 506 g/mol. The van der Waals surface area contributed by atoms with Gasteiger partial charge in [-0.1, -0.05) is 57.4 Å². The topological polar surface area (TPSA) is 96.3 Å². The normalized spacial score (nSPS) is 20.1.